The van der Waals surface area contributed by atoms with Gasteiger partial charge in [-0.2, -0.15) is 0 Å². The van der Waals surface area contributed by atoms with Gasteiger partial charge in [-0.25, -0.2) is 0 Å². The molecule has 0 unspecified atom stereocenters. The van der Waals surface area contributed by atoms with Gasteiger partial charge in [0, 0.05) is 38.8 Å². The Bertz CT molecular complexity index is 454. The van der Waals surface area contributed by atoms with E-state index in [0.29, 0.717) is 0 Å². The first-order chi connectivity index (χ1) is 9.72. The standard InChI is InChI=1S/C17H26N2O/c1-14-3-4-16(15(2)11-14)12-18-6-5-17(13-18)19-7-9-20-10-8-19/h3-4,11,17H,5-10,12-13H2,1-2H3/t17-/m0/s1. The monoisotopic (exact) mass is 274 g/mol. The van der Waals surface area contributed by atoms with Crippen LogP contribution in [0.2, 0.25) is 0 Å². The van der Waals surface area contributed by atoms with Gasteiger partial charge in [-0.3, -0.25) is 9.80 Å². The van der Waals surface area contributed by atoms with Gasteiger partial charge in [0.25, 0.3) is 0 Å². The molecule has 110 valence electrons. The summed E-state index contributed by atoms with van der Waals surface area (Å²) < 4.78 is 5.45. The number of hydrogen-bond acceptors (Lipinski definition) is 3. The molecule has 0 N–H and O–H groups in total. The van der Waals surface area contributed by atoms with Gasteiger partial charge < -0.3 is 4.74 Å². The smallest absolute Gasteiger partial charge is 0.0594 e. The largest absolute Gasteiger partial charge is 0.379 e. The Morgan fingerprint density at radius 2 is 1.95 bits per heavy atom. The molecule has 0 amide bonds. The molecule has 0 aliphatic carbocycles. The van der Waals surface area contributed by atoms with E-state index in [-0.39, 0.29) is 0 Å². The van der Waals surface area contributed by atoms with Gasteiger partial charge in [0.15, 0.2) is 0 Å². The first-order valence-electron chi connectivity index (χ1n) is 7.82. The summed E-state index contributed by atoms with van der Waals surface area (Å²) in [5.74, 6) is 0. The van der Waals surface area contributed by atoms with Crippen molar-refractivity contribution in [1.82, 2.24) is 9.80 Å². The topological polar surface area (TPSA) is 15.7 Å². The molecule has 2 aliphatic rings. The fourth-order valence-electron chi connectivity index (χ4n) is 3.46. The van der Waals surface area contributed by atoms with Gasteiger partial charge in [-0.05, 0) is 31.4 Å². The SMILES string of the molecule is Cc1ccc(CN2CC[C@H](N3CCOCC3)C2)c(C)c1. The zero-order chi connectivity index (χ0) is 13.9. The highest BCUT2D eigenvalue weighted by molar-refractivity contribution is 5.30. The molecule has 1 atom stereocenters. The Labute approximate surface area is 122 Å². The van der Waals surface area contributed by atoms with Gasteiger partial charge in [-0.15, -0.1) is 0 Å². The molecule has 3 heteroatoms. The van der Waals surface area contributed by atoms with Crippen LogP contribution in [-0.4, -0.2) is 55.2 Å². The summed E-state index contributed by atoms with van der Waals surface area (Å²) in [4.78, 5) is 5.23. The summed E-state index contributed by atoms with van der Waals surface area (Å²) in [5.41, 5.74) is 4.27. The van der Waals surface area contributed by atoms with E-state index in [1.807, 2.05) is 0 Å². The Balaban J connectivity index is 1.57. The van der Waals surface area contributed by atoms with Crippen molar-refractivity contribution >= 4 is 0 Å². The van der Waals surface area contributed by atoms with Crippen molar-refractivity contribution < 1.29 is 4.74 Å². The van der Waals surface area contributed by atoms with Crippen LogP contribution in [0.1, 0.15) is 23.1 Å². The summed E-state index contributed by atoms with van der Waals surface area (Å²) >= 11 is 0. The minimum absolute atomic E-state index is 0.740. The van der Waals surface area contributed by atoms with Gasteiger partial charge >= 0.3 is 0 Å². The predicted molar refractivity (Wildman–Crippen MR) is 82.0 cm³/mol. The van der Waals surface area contributed by atoms with E-state index in [9.17, 15) is 0 Å². The number of hydrogen-bond donors (Lipinski definition) is 0. The van der Waals surface area contributed by atoms with E-state index in [2.05, 4.69) is 41.8 Å². The molecule has 0 bridgehead atoms. The lowest BCUT2D eigenvalue weighted by molar-refractivity contribution is 0.0184. The maximum Gasteiger partial charge on any atom is 0.0594 e. The Kier molecular flexibility index (Phi) is 4.39. The average molecular weight is 274 g/mol. The second-order valence-corrected chi connectivity index (χ2v) is 6.26. The van der Waals surface area contributed by atoms with Crippen LogP contribution in [0.5, 0.6) is 0 Å². The Morgan fingerprint density at radius 1 is 1.15 bits per heavy atom. The normalized spacial score (nSPS) is 25.2. The maximum absolute atomic E-state index is 5.45. The fourth-order valence-corrected chi connectivity index (χ4v) is 3.46. The second-order valence-electron chi connectivity index (χ2n) is 6.26. The molecule has 1 aromatic rings. The van der Waals surface area contributed by atoms with Crippen molar-refractivity contribution in [2.45, 2.75) is 32.9 Å². The van der Waals surface area contributed by atoms with E-state index in [1.165, 1.54) is 36.2 Å². The number of nitrogens with zero attached hydrogens (tertiary/aromatic N) is 2. The molecule has 2 fully saturated rings. The van der Waals surface area contributed by atoms with Crippen molar-refractivity contribution in [3.05, 3.63) is 34.9 Å². The van der Waals surface area contributed by atoms with E-state index < -0.39 is 0 Å². The zero-order valence-corrected chi connectivity index (χ0v) is 12.8. The van der Waals surface area contributed by atoms with Crippen molar-refractivity contribution in [3.63, 3.8) is 0 Å². The number of benzene rings is 1. The summed E-state index contributed by atoms with van der Waals surface area (Å²) in [6, 6.07) is 7.57. The van der Waals surface area contributed by atoms with Gasteiger partial charge in [-0.1, -0.05) is 23.8 Å². The highest BCUT2D eigenvalue weighted by Gasteiger charge is 2.28. The van der Waals surface area contributed by atoms with Crippen LogP contribution in [-0.2, 0) is 11.3 Å². The third kappa shape index (κ3) is 3.22. The van der Waals surface area contributed by atoms with Crippen molar-refractivity contribution in [3.8, 4) is 0 Å². The second kappa shape index (κ2) is 6.25. The summed E-state index contributed by atoms with van der Waals surface area (Å²) in [7, 11) is 0. The van der Waals surface area contributed by atoms with Gasteiger partial charge in [0.2, 0.25) is 0 Å². The predicted octanol–water partition coefficient (Wildman–Crippen LogP) is 2.21. The van der Waals surface area contributed by atoms with Gasteiger partial charge in [0.05, 0.1) is 13.2 Å². The Hall–Kier alpha value is -0.900. The van der Waals surface area contributed by atoms with Crippen molar-refractivity contribution in [2.24, 2.45) is 0 Å². The van der Waals surface area contributed by atoms with Crippen LogP contribution in [0.15, 0.2) is 18.2 Å². The molecule has 0 spiro atoms. The lowest BCUT2D eigenvalue weighted by Crippen LogP contribution is -2.44. The number of rotatable bonds is 3. The first kappa shape index (κ1) is 14.1. The van der Waals surface area contributed by atoms with Crippen molar-refractivity contribution in [1.29, 1.82) is 0 Å². The molecule has 3 nitrogen and oxygen atoms in total. The first-order valence-corrected chi connectivity index (χ1v) is 7.82. The van der Waals surface area contributed by atoms with E-state index in [4.69, 9.17) is 4.74 Å². The molecule has 3 rings (SSSR count). The van der Waals surface area contributed by atoms with Crippen LogP contribution < -0.4 is 0 Å². The van der Waals surface area contributed by atoms with Crippen LogP contribution in [0.3, 0.4) is 0 Å². The van der Waals surface area contributed by atoms with E-state index >= 15 is 0 Å². The van der Waals surface area contributed by atoms with E-state index in [0.717, 1.165) is 38.9 Å². The average Bonchev–Trinajstić information content (AvgIpc) is 2.92. The highest BCUT2D eigenvalue weighted by atomic mass is 16.5. The molecular weight excluding hydrogens is 248 g/mol. The molecule has 0 radical (unpaired) electrons. The Morgan fingerprint density at radius 3 is 2.70 bits per heavy atom. The molecule has 20 heavy (non-hydrogen) atoms. The molecule has 0 saturated carbocycles. The minimum Gasteiger partial charge on any atom is -0.379 e. The lowest BCUT2D eigenvalue weighted by Gasteiger charge is -2.32. The van der Waals surface area contributed by atoms with E-state index in [1.54, 1.807) is 0 Å². The molecular formula is C17H26N2O. The fraction of sp³-hybridized carbons (Fsp3) is 0.647. The van der Waals surface area contributed by atoms with Crippen LogP contribution in [0.25, 0.3) is 0 Å². The number of ether oxygens (including phenoxy) is 1. The third-order valence-electron chi connectivity index (χ3n) is 4.70. The third-order valence-corrected chi connectivity index (χ3v) is 4.70. The summed E-state index contributed by atoms with van der Waals surface area (Å²) in [6.07, 6.45) is 1.31. The molecule has 1 aromatic carbocycles. The molecule has 0 aromatic heterocycles. The van der Waals surface area contributed by atoms with Crippen LogP contribution >= 0.6 is 0 Å². The summed E-state index contributed by atoms with van der Waals surface area (Å²) in [6.45, 7) is 12.0. The van der Waals surface area contributed by atoms with Crippen LogP contribution in [0, 0.1) is 13.8 Å². The number of likely N-dealkylation sites (tertiary alicyclic amines) is 1. The lowest BCUT2D eigenvalue weighted by atomic mass is 10.1. The number of aryl methyl sites for hydroxylation is 2. The van der Waals surface area contributed by atoms with Gasteiger partial charge in [0.1, 0.15) is 0 Å². The summed E-state index contributed by atoms with van der Waals surface area (Å²) in [5, 5.41) is 0. The molecule has 2 saturated heterocycles. The molecule has 2 aliphatic heterocycles. The quantitative estimate of drug-likeness (QED) is 0.840. The minimum atomic E-state index is 0.740. The highest BCUT2D eigenvalue weighted by Crippen LogP contribution is 2.20. The zero-order valence-electron chi connectivity index (χ0n) is 12.8. The maximum atomic E-state index is 5.45. The van der Waals surface area contributed by atoms with Crippen LogP contribution in [0.4, 0.5) is 0 Å². The molecule has 2 heterocycles. The number of morpholine rings is 1. The van der Waals surface area contributed by atoms with Crippen molar-refractivity contribution in [2.75, 3.05) is 39.4 Å².